The molecule has 2 amide bonds. The van der Waals surface area contributed by atoms with Crippen molar-refractivity contribution in [3.8, 4) is 0 Å². The number of carboxylic acid groups (broad SMARTS) is 1. The van der Waals surface area contributed by atoms with Gasteiger partial charge in [0.05, 0.1) is 42.9 Å². The molecule has 3 heterocycles. The fourth-order valence-corrected chi connectivity index (χ4v) is 8.68. The molecule has 1 aliphatic carbocycles. The Morgan fingerprint density at radius 3 is 2.53 bits per heavy atom. The van der Waals surface area contributed by atoms with Crippen LogP contribution >= 0.6 is 34.9 Å². The Bertz CT molecular complexity index is 1470. The van der Waals surface area contributed by atoms with Crippen LogP contribution in [0.4, 0.5) is 11.4 Å². The molecule has 3 fully saturated rings. The average molecular weight is 571 g/mol. The first-order valence-electron chi connectivity index (χ1n) is 12.1. The summed E-state index contributed by atoms with van der Waals surface area (Å²) in [5, 5.41) is 23.7. The van der Waals surface area contributed by atoms with E-state index in [1.165, 1.54) is 45.8 Å². The van der Waals surface area contributed by atoms with E-state index in [-0.39, 0.29) is 34.7 Å². The molecule has 3 aliphatic rings. The number of carboxylic acids is 1. The number of imide groups is 1. The van der Waals surface area contributed by atoms with Crippen LogP contribution in [0.5, 0.6) is 0 Å². The minimum Gasteiger partial charge on any atom is -0.480 e. The zero-order chi connectivity index (χ0) is 26.6. The fraction of sp³-hybridized carbons (Fsp3) is 0.360. The van der Waals surface area contributed by atoms with Gasteiger partial charge in [0, 0.05) is 11.8 Å². The summed E-state index contributed by atoms with van der Waals surface area (Å²) in [6.45, 7) is 0. The molecule has 2 saturated heterocycles. The number of nitro groups is 1. The van der Waals surface area contributed by atoms with Gasteiger partial charge in [-0.05, 0) is 42.7 Å². The third-order valence-corrected chi connectivity index (χ3v) is 10.6. The van der Waals surface area contributed by atoms with Gasteiger partial charge >= 0.3 is 5.97 Å². The molecule has 0 spiro atoms. The molecule has 13 heteroatoms. The number of nitrogens with zero attached hydrogens (tertiary/aromatic N) is 3. The van der Waals surface area contributed by atoms with Gasteiger partial charge in [-0.15, -0.1) is 23.1 Å². The normalized spacial score (nSPS) is 25.2. The molecule has 0 unspecified atom stereocenters. The molecule has 0 bridgehead atoms. The summed E-state index contributed by atoms with van der Waals surface area (Å²) in [4.78, 5) is 55.0. The molecule has 38 heavy (non-hydrogen) atoms. The van der Waals surface area contributed by atoms with Gasteiger partial charge < -0.3 is 5.11 Å². The highest BCUT2D eigenvalue weighted by Crippen LogP contribution is 2.44. The van der Waals surface area contributed by atoms with Crippen molar-refractivity contribution in [3.63, 3.8) is 0 Å². The number of nitrogens with one attached hydrogen (secondary N) is 1. The number of benzene rings is 2. The molecule has 1 aromatic heterocycles. The van der Waals surface area contributed by atoms with Crippen LogP contribution in [0.15, 0.2) is 45.6 Å². The maximum Gasteiger partial charge on any atom is 0.321 e. The Balaban J connectivity index is 1.25. The molecular weight excluding hydrogens is 548 g/mol. The molecule has 3 aromatic rings. The highest BCUT2D eigenvalue weighted by atomic mass is 32.2. The number of fused-ring (bicyclic) bond motifs is 2. The summed E-state index contributed by atoms with van der Waals surface area (Å²) in [7, 11) is 0. The number of thioether (sulfide) groups is 1. The Labute approximate surface area is 229 Å². The standard InChI is InChI=1S/C25H22N4O6S3/c30-22-14-3-1-2-4-15(14)23(31)28(22)13-6-7-16-20(10-13)38-25(27-16)37-19-8-5-12(9-18(19)29(34)35)21-26-17(11-36-21)24(32)33/h5-10,14-15,17,21,26H,1-4,11H2,(H,32,33)/t14-,15-,17-,21+/m0/s1. The molecule has 2 aliphatic heterocycles. The smallest absolute Gasteiger partial charge is 0.321 e. The van der Waals surface area contributed by atoms with Gasteiger partial charge in [0.25, 0.3) is 5.69 Å². The topological polar surface area (TPSA) is 143 Å². The third-order valence-electron chi connectivity index (χ3n) is 7.21. The summed E-state index contributed by atoms with van der Waals surface area (Å²) in [6, 6.07) is 9.51. The fourth-order valence-electron chi connectivity index (χ4n) is 5.32. The maximum absolute atomic E-state index is 13.0. The van der Waals surface area contributed by atoms with E-state index in [1.54, 1.807) is 30.3 Å². The summed E-state index contributed by atoms with van der Waals surface area (Å²) < 4.78 is 1.38. The van der Waals surface area contributed by atoms with Crippen molar-refractivity contribution in [2.45, 2.75) is 46.3 Å². The summed E-state index contributed by atoms with van der Waals surface area (Å²) >= 11 is 3.92. The third kappa shape index (κ3) is 4.46. The number of thiazole rings is 1. The molecule has 1 saturated carbocycles. The van der Waals surface area contributed by atoms with Crippen molar-refractivity contribution in [2.75, 3.05) is 10.7 Å². The number of carbonyl (C=O) groups excluding carboxylic acids is 2. The van der Waals surface area contributed by atoms with Crippen LogP contribution in [0.3, 0.4) is 0 Å². The number of carbonyl (C=O) groups is 3. The van der Waals surface area contributed by atoms with Gasteiger partial charge in [-0.1, -0.05) is 30.7 Å². The van der Waals surface area contributed by atoms with E-state index >= 15 is 0 Å². The number of aromatic nitrogens is 1. The number of nitro benzene ring substituents is 1. The lowest BCUT2D eigenvalue weighted by Gasteiger charge is -2.19. The lowest BCUT2D eigenvalue weighted by atomic mass is 9.81. The van der Waals surface area contributed by atoms with Crippen molar-refractivity contribution in [1.82, 2.24) is 10.3 Å². The Hall–Kier alpha value is -3.00. The predicted octanol–water partition coefficient (Wildman–Crippen LogP) is 4.82. The number of rotatable bonds is 6. The monoisotopic (exact) mass is 570 g/mol. The second kappa shape index (κ2) is 9.95. The highest BCUT2D eigenvalue weighted by Gasteiger charge is 2.48. The highest BCUT2D eigenvalue weighted by molar-refractivity contribution is 8.01. The van der Waals surface area contributed by atoms with Crippen molar-refractivity contribution < 1.29 is 24.4 Å². The minimum absolute atomic E-state index is 0.0792. The van der Waals surface area contributed by atoms with Gasteiger partial charge in [-0.2, -0.15) is 0 Å². The summed E-state index contributed by atoms with van der Waals surface area (Å²) in [6.07, 6.45) is 3.44. The first-order chi connectivity index (χ1) is 18.3. The van der Waals surface area contributed by atoms with E-state index in [4.69, 9.17) is 0 Å². The number of amides is 2. The molecule has 0 radical (unpaired) electrons. The first kappa shape index (κ1) is 25.3. The van der Waals surface area contributed by atoms with E-state index in [0.717, 1.165) is 30.4 Å². The minimum atomic E-state index is -0.947. The van der Waals surface area contributed by atoms with Gasteiger partial charge in [-0.25, -0.2) is 4.98 Å². The largest absolute Gasteiger partial charge is 0.480 e. The Morgan fingerprint density at radius 2 is 1.87 bits per heavy atom. The van der Waals surface area contributed by atoms with Crippen LogP contribution in [-0.4, -0.2) is 44.6 Å². The molecular formula is C25H22N4O6S3. The van der Waals surface area contributed by atoms with E-state index in [2.05, 4.69) is 10.3 Å². The number of hydrogen-bond donors (Lipinski definition) is 2. The van der Waals surface area contributed by atoms with Gasteiger partial charge in [0.1, 0.15) is 6.04 Å². The van der Waals surface area contributed by atoms with Crippen LogP contribution < -0.4 is 10.2 Å². The van der Waals surface area contributed by atoms with Crippen LogP contribution in [0.25, 0.3) is 10.2 Å². The van der Waals surface area contributed by atoms with E-state index in [1.807, 2.05) is 0 Å². The number of hydrogen-bond acceptors (Lipinski definition) is 10. The summed E-state index contributed by atoms with van der Waals surface area (Å²) in [5.74, 6) is -1.27. The maximum atomic E-state index is 13.0. The number of aliphatic carboxylic acids is 1. The molecule has 2 N–H and O–H groups in total. The zero-order valence-electron chi connectivity index (χ0n) is 19.9. The second-order valence-corrected chi connectivity index (χ2v) is 13.0. The zero-order valence-corrected chi connectivity index (χ0v) is 22.3. The van der Waals surface area contributed by atoms with Crippen molar-refractivity contribution >= 4 is 74.2 Å². The van der Waals surface area contributed by atoms with Crippen molar-refractivity contribution in [1.29, 1.82) is 0 Å². The Kier molecular flexibility index (Phi) is 6.62. The predicted molar refractivity (Wildman–Crippen MR) is 145 cm³/mol. The SMILES string of the molecule is O=C(O)[C@@H]1CS[C@H](c2ccc(Sc3nc4ccc(N5C(=O)[C@H]6CCCC[C@@H]6C5=O)cc4s3)c([N+](=O)[O-])c2)N1. The lowest BCUT2D eigenvalue weighted by molar-refractivity contribution is -0.387. The van der Waals surface area contributed by atoms with Crippen LogP contribution in [0, 0.1) is 22.0 Å². The van der Waals surface area contributed by atoms with E-state index in [0.29, 0.717) is 31.8 Å². The average Bonchev–Trinajstić information content (AvgIpc) is 3.61. The van der Waals surface area contributed by atoms with Crippen LogP contribution in [0.1, 0.15) is 36.6 Å². The first-order valence-corrected chi connectivity index (χ1v) is 14.8. The van der Waals surface area contributed by atoms with E-state index in [9.17, 15) is 29.6 Å². The second-order valence-electron chi connectivity index (χ2n) is 9.50. The van der Waals surface area contributed by atoms with Gasteiger partial charge in [0.2, 0.25) is 11.8 Å². The van der Waals surface area contributed by atoms with Gasteiger partial charge in [-0.3, -0.25) is 34.7 Å². The molecule has 4 atom stereocenters. The summed E-state index contributed by atoms with van der Waals surface area (Å²) in [5.41, 5.74) is 1.79. The molecule has 196 valence electrons. The number of anilines is 1. The molecule has 2 aromatic carbocycles. The lowest BCUT2D eigenvalue weighted by Crippen LogP contribution is -2.33. The van der Waals surface area contributed by atoms with Crippen molar-refractivity contribution in [3.05, 3.63) is 52.1 Å². The molecule has 6 rings (SSSR count). The van der Waals surface area contributed by atoms with Crippen LogP contribution in [0.2, 0.25) is 0 Å². The quantitative estimate of drug-likeness (QED) is 0.240. The van der Waals surface area contributed by atoms with E-state index < -0.39 is 16.9 Å². The van der Waals surface area contributed by atoms with Gasteiger partial charge in [0.15, 0.2) is 4.34 Å². The van der Waals surface area contributed by atoms with Crippen LogP contribution in [-0.2, 0) is 14.4 Å². The molecule has 10 nitrogen and oxygen atoms in total. The Morgan fingerprint density at radius 1 is 1.13 bits per heavy atom. The van der Waals surface area contributed by atoms with Crippen molar-refractivity contribution in [2.24, 2.45) is 11.8 Å².